The summed E-state index contributed by atoms with van der Waals surface area (Å²) in [5, 5.41) is 2.85. The van der Waals surface area contributed by atoms with Crippen molar-refractivity contribution in [3.05, 3.63) is 35.4 Å². The zero-order valence-electron chi connectivity index (χ0n) is 10.5. The predicted octanol–water partition coefficient (Wildman–Crippen LogP) is 2.81. The van der Waals surface area contributed by atoms with Crippen LogP contribution >= 0.6 is 0 Å². The van der Waals surface area contributed by atoms with Gasteiger partial charge in [-0.05, 0) is 25.5 Å². The Labute approximate surface area is 102 Å². The quantitative estimate of drug-likeness (QED) is 0.606. The average Bonchev–Trinajstić information content (AvgIpc) is 2.34. The van der Waals surface area contributed by atoms with Gasteiger partial charge in [0.25, 0.3) is 5.91 Å². The Morgan fingerprint density at radius 3 is 2.53 bits per heavy atom. The molecule has 1 aromatic carbocycles. The molecule has 0 aromatic heterocycles. The highest BCUT2D eigenvalue weighted by atomic mass is 16.1. The maximum Gasteiger partial charge on any atom is 0.251 e. The molecule has 0 heterocycles. The minimum atomic E-state index is -0.107. The first kappa shape index (κ1) is 13.4. The second-order valence-corrected chi connectivity index (χ2v) is 4.10. The number of ketones is 1. The minimum absolute atomic E-state index is 0.0226. The summed E-state index contributed by atoms with van der Waals surface area (Å²) in [5.74, 6) is -0.130. The topological polar surface area (TPSA) is 46.2 Å². The molecular formula is C14H19NO2. The first-order valence-corrected chi connectivity index (χ1v) is 6.04. The van der Waals surface area contributed by atoms with E-state index in [0.717, 1.165) is 19.3 Å². The number of benzene rings is 1. The van der Waals surface area contributed by atoms with Crippen molar-refractivity contribution >= 4 is 11.7 Å². The van der Waals surface area contributed by atoms with Crippen molar-refractivity contribution in [1.29, 1.82) is 0 Å². The molecule has 1 rings (SSSR count). The fraction of sp³-hybridized carbons (Fsp3) is 0.429. The fourth-order valence-corrected chi connectivity index (χ4v) is 1.56. The third kappa shape index (κ3) is 4.39. The molecule has 3 heteroatoms. The van der Waals surface area contributed by atoms with Gasteiger partial charge in [-0.25, -0.2) is 0 Å². The van der Waals surface area contributed by atoms with Crippen LogP contribution < -0.4 is 5.32 Å². The van der Waals surface area contributed by atoms with E-state index in [4.69, 9.17) is 0 Å². The zero-order chi connectivity index (χ0) is 12.7. The summed E-state index contributed by atoms with van der Waals surface area (Å²) < 4.78 is 0. The summed E-state index contributed by atoms with van der Waals surface area (Å²) in [6.07, 6.45) is 3.25. The Kier molecular flexibility index (Phi) is 5.40. The van der Waals surface area contributed by atoms with E-state index in [2.05, 4.69) is 12.2 Å². The predicted molar refractivity (Wildman–Crippen MR) is 68.3 cm³/mol. The third-order valence-corrected chi connectivity index (χ3v) is 2.60. The summed E-state index contributed by atoms with van der Waals surface area (Å²) in [6.45, 7) is 4.31. The molecule has 1 amide bonds. The highest BCUT2D eigenvalue weighted by molar-refractivity contribution is 5.99. The molecule has 1 aromatic rings. The molecule has 0 fully saturated rings. The zero-order valence-corrected chi connectivity index (χ0v) is 10.5. The van der Waals surface area contributed by atoms with Crippen molar-refractivity contribution in [2.24, 2.45) is 0 Å². The Hall–Kier alpha value is -1.64. The van der Waals surface area contributed by atoms with Gasteiger partial charge in [0, 0.05) is 17.7 Å². The van der Waals surface area contributed by atoms with Gasteiger partial charge < -0.3 is 5.32 Å². The van der Waals surface area contributed by atoms with Gasteiger partial charge in [-0.2, -0.15) is 0 Å². The van der Waals surface area contributed by atoms with Crippen LogP contribution in [0.4, 0.5) is 0 Å². The van der Waals surface area contributed by atoms with Gasteiger partial charge in [0.15, 0.2) is 5.78 Å². The number of Topliss-reactive ketones (excluding diaryl/α,β-unsaturated/α-hetero) is 1. The van der Waals surface area contributed by atoms with Gasteiger partial charge in [0.1, 0.15) is 0 Å². The first-order valence-electron chi connectivity index (χ1n) is 6.04. The third-order valence-electron chi connectivity index (χ3n) is 2.60. The molecule has 3 nitrogen and oxygen atoms in total. The Morgan fingerprint density at radius 1 is 1.18 bits per heavy atom. The van der Waals surface area contributed by atoms with Gasteiger partial charge >= 0.3 is 0 Å². The van der Waals surface area contributed by atoms with Crippen LogP contribution in [-0.4, -0.2) is 18.2 Å². The van der Waals surface area contributed by atoms with Crippen LogP contribution in [0, 0.1) is 0 Å². The fourth-order valence-electron chi connectivity index (χ4n) is 1.56. The van der Waals surface area contributed by atoms with Crippen LogP contribution in [0.3, 0.4) is 0 Å². The molecule has 0 atom stereocenters. The van der Waals surface area contributed by atoms with Gasteiger partial charge in [-0.1, -0.05) is 31.9 Å². The van der Waals surface area contributed by atoms with Crippen LogP contribution in [-0.2, 0) is 0 Å². The largest absolute Gasteiger partial charge is 0.352 e. The Bertz CT molecular complexity index is 399. The summed E-state index contributed by atoms with van der Waals surface area (Å²) in [5.41, 5.74) is 1.13. The second kappa shape index (κ2) is 6.84. The molecule has 92 valence electrons. The molecular weight excluding hydrogens is 214 g/mol. The van der Waals surface area contributed by atoms with Crippen LogP contribution in [0.1, 0.15) is 53.8 Å². The summed E-state index contributed by atoms with van der Waals surface area (Å²) in [6, 6.07) is 6.81. The van der Waals surface area contributed by atoms with E-state index in [1.54, 1.807) is 24.3 Å². The molecule has 0 aliphatic rings. The lowest BCUT2D eigenvalue weighted by Gasteiger charge is -2.05. The maximum absolute atomic E-state index is 11.8. The highest BCUT2D eigenvalue weighted by Crippen LogP contribution is 2.06. The number of unbranched alkanes of at least 4 members (excludes halogenated alkanes) is 2. The number of carbonyl (C=O) groups excluding carboxylic acids is 2. The van der Waals surface area contributed by atoms with E-state index in [1.165, 1.54) is 6.92 Å². The van der Waals surface area contributed by atoms with Gasteiger partial charge in [-0.3, -0.25) is 9.59 Å². The van der Waals surface area contributed by atoms with E-state index in [-0.39, 0.29) is 11.7 Å². The standard InChI is InChI=1S/C14H19NO2/c1-3-4-5-9-15-14(17)13-8-6-7-12(10-13)11(2)16/h6-8,10H,3-5,9H2,1-2H3,(H,15,17). The summed E-state index contributed by atoms with van der Waals surface area (Å²) in [4.78, 5) is 22.9. The molecule has 0 bridgehead atoms. The molecule has 1 N–H and O–H groups in total. The minimum Gasteiger partial charge on any atom is -0.352 e. The monoisotopic (exact) mass is 233 g/mol. The number of amides is 1. The molecule has 0 aliphatic heterocycles. The molecule has 0 saturated carbocycles. The van der Waals surface area contributed by atoms with Crippen molar-refractivity contribution in [1.82, 2.24) is 5.32 Å². The highest BCUT2D eigenvalue weighted by Gasteiger charge is 2.06. The molecule has 0 aliphatic carbocycles. The molecule has 17 heavy (non-hydrogen) atoms. The first-order chi connectivity index (χ1) is 8.15. The number of hydrogen-bond donors (Lipinski definition) is 1. The second-order valence-electron chi connectivity index (χ2n) is 4.10. The van der Waals surface area contributed by atoms with Gasteiger partial charge in [-0.15, -0.1) is 0 Å². The van der Waals surface area contributed by atoms with Crippen LogP contribution in [0.25, 0.3) is 0 Å². The number of hydrogen-bond acceptors (Lipinski definition) is 2. The van der Waals surface area contributed by atoms with E-state index >= 15 is 0 Å². The van der Waals surface area contributed by atoms with Crippen LogP contribution in [0.5, 0.6) is 0 Å². The summed E-state index contributed by atoms with van der Waals surface area (Å²) >= 11 is 0. The molecule has 0 spiro atoms. The van der Waals surface area contributed by atoms with E-state index in [9.17, 15) is 9.59 Å². The number of nitrogens with one attached hydrogen (secondary N) is 1. The maximum atomic E-state index is 11.8. The SMILES string of the molecule is CCCCCNC(=O)c1cccc(C(C)=O)c1. The smallest absolute Gasteiger partial charge is 0.251 e. The normalized spacial score (nSPS) is 10.0. The van der Waals surface area contributed by atoms with E-state index in [0.29, 0.717) is 17.7 Å². The van der Waals surface area contributed by atoms with Gasteiger partial charge in [0.2, 0.25) is 0 Å². The van der Waals surface area contributed by atoms with Crippen LogP contribution in [0.2, 0.25) is 0 Å². The number of rotatable bonds is 6. The Morgan fingerprint density at radius 2 is 1.88 bits per heavy atom. The summed E-state index contributed by atoms with van der Waals surface area (Å²) in [7, 11) is 0. The van der Waals surface area contributed by atoms with Crippen molar-refractivity contribution < 1.29 is 9.59 Å². The van der Waals surface area contributed by atoms with Crippen molar-refractivity contribution in [2.75, 3.05) is 6.54 Å². The number of carbonyl (C=O) groups is 2. The lowest BCUT2D eigenvalue weighted by molar-refractivity contribution is 0.0953. The molecule has 0 unspecified atom stereocenters. The lowest BCUT2D eigenvalue weighted by atomic mass is 10.1. The lowest BCUT2D eigenvalue weighted by Crippen LogP contribution is -2.24. The Balaban J connectivity index is 2.56. The van der Waals surface area contributed by atoms with Crippen molar-refractivity contribution in [2.45, 2.75) is 33.1 Å². The van der Waals surface area contributed by atoms with E-state index in [1.807, 2.05) is 0 Å². The molecule has 0 radical (unpaired) electrons. The average molecular weight is 233 g/mol. The van der Waals surface area contributed by atoms with Crippen molar-refractivity contribution in [3.8, 4) is 0 Å². The van der Waals surface area contributed by atoms with Crippen molar-refractivity contribution in [3.63, 3.8) is 0 Å². The van der Waals surface area contributed by atoms with Crippen LogP contribution in [0.15, 0.2) is 24.3 Å². The molecule has 0 saturated heterocycles. The van der Waals surface area contributed by atoms with Gasteiger partial charge in [0.05, 0.1) is 0 Å². The van der Waals surface area contributed by atoms with E-state index < -0.39 is 0 Å².